The first-order valence-electron chi connectivity index (χ1n) is 10.4. The first-order chi connectivity index (χ1) is 15.4. The SMILES string of the molecule is Cc1ccc([C@@H]2C(=C(O)c3ccc(OC(C)C)cc3)C(=O)C(=O)N2c2ccccn2)cc1. The summed E-state index contributed by atoms with van der Waals surface area (Å²) in [5.41, 5.74) is 2.21. The van der Waals surface area contributed by atoms with Gasteiger partial charge in [-0.25, -0.2) is 4.98 Å². The van der Waals surface area contributed by atoms with Crippen LogP contribution < -0.4 is 9.64 Å². The van der Waals surface area contributed by atoms with Gasteiger partial charge in [0.1, 0.15) is 17.3 Å². The Kier molecular flexibility index (Phi) is 5.77. The van der Waals surface area contributed by atoms with Crippen molar-refractivity contribution in [3.63, 3.8) is 0 Å². The lowest BCUT2D eigenvalue weighted by Gasteiger charge is -2.24. The van der Waals surface area contributed by atoms with Gasteiger partial charge in [0.2, 0.25) is 0 Å². The Morgan fingerprint density at radius 2 is 1.69 bits per heavy atom. The van der Waals surface area contributed by atoms with Gasteiger partial charge in [0.15, 0.2) is 0 Å². The number of nitrogens with zero attached hydrogens (tertiary/aromatic N) is 2. The number of hydrogen-bond acceptors (Lipinski definition) is 5. The maximum atomic E-state index is 13.1. The molecule has 1 aromatic heterocycles. The molecular weight excluding hydrogens is 404 g/mol. The maximum Gasteiger partial charge on any atom is 0.301 e. The van der Waals surface area contributed by atoms with E-state index >= 15 is 0 Å². The molecule has 0 aliphatic carbocycles. The summed E-state index contributed by atoms with van der Waals surface area (Å²) >= 11 is 0. The van der Waals surface area contributed by atoms with Gasteiger partial charge in [0.05, 0.1) is 17.7 Å². The molecular formula is C26H24N2O4. The average molecular weight is 428 g/mol. The van der Waals surface area contributed by atoms with Crippen LogP contribution in [0.5, 0.6) is 5.75 Å². The Morgan fingerprint density at radius 3 is 2.28 bits per heavy atom. The minimum Gasteiger partial charge on any atom is -0.507 e. The number of ether oxygens (including phenoxy) is 1. The molecule has 4 rings (SSSR count). The van der Waals surface area contributed by atoms with Crippen molar-refractivity contribution in [1.82, 2.24) is 4.98 Å². The van der Waals surface area contributed by atoms with Crippen LogP contribution in [0.1, 0.15) is 36.6 Å². The summed E-state index contributed by atoms with van der Waals surface area (Å²) in [6, 6.07) is 18.7. The van der Waals surface area contributed by atoms with Crippen LogP contribution in [-0.4, -0.2) is 27.9 Å². The monoisotopic (exact) mass is 428 g/mol. The van der Waals surface area contributed by atoms with Crippen LogP contribution in [-0.2, 0) is 9.59 Å². The minimum absolute atomic E-state index is 0.0136. The third kappa shape index (κ3) is 3.99. The summed E-state index contributed by atoms with van der Waals surface area (Å²) in [4.78, 5) is 31.8. The molecule has 1 fully saturated rings. The maximum absolute atomic E-state index is 13.1. The Labute approximate surface area is 186 Å². The van der Waals surface area contributed by atoms with E-state index in [-0.39, 0.29) is 17.4 Å². The van der Waals surface area contributed by atoms with Crippen molar-refractivity contribution in [1.29, 1.82) is 0 Å². The van der Waals surface area contributed by atoms with Crippen LogP contribution in [0, 0.1) is 6.92 Å². The first kappa shape index (κ1) is 21.3. The normalized spacial score (nSPS) is 17.8. The van der Waals surface area contributed by atoms with E-state index in [1.54, 1.807) is 48.7 Å². The quantitative estimate of drug-likeness (QED) is 0.359. The Morgan fingerprint density at radius 1 is 1.00 bits per heavy atom. The van der Waals surface area contributed by atoms with E-state index in [9.17, 15) is 14.7 Å². The van der Waals surface area contributed by atoms with E-state index in [0.717, 1.165) is 5.56 Å². The number of anilines is 1. The number of carbonyl (C=O) groups is 2. The van der Waals surface area contributed by atoms with Gasteiger partial charge < -0.3 is 9.84 Å². The highest BCUT2D eigenvalue weighted by Gasteiger charge is 2.47. The van der Waals surface area contributed by atoms with E-state index in [4.69, 9.17) is 4.74 Å². The van der Waals surface area contributed by atoms with E-state index in [1.807, 2.05) is 45.0 Å². The molecule has 0 unspecified atom stereocenters. The number of hydrogen-bond donors (Lipinski definition) is 1. The summed E-state index contributed by atoms with van der Waals surface area (Å²) in [5.74, 6) is -0.708. The minimum atomic E-state index is -0.794. The molecule has 162 valence electrons. The second-order valence-corrected chi connectivity index (χ2v) is 7.96. The molecule has 0 radical (unpaired) electrons. The van der Waals surface area contributed by atoms with Crippen molar-refractivity contribution in [2.45, 2.75) is 32.9 Å². The number of amides is 1. The lowest BCUT2D eigenvalue weighted by molar-refractivity contribution is -0.132. The summed E-state index contributed by atoms with van der Waals surface area (Å²) in [6.45, 7) is 5.81. The smallest absolute Gasteiger partial charge is 0.301 e. The third-order valence-corrected chi connectivity index (χ3v) is 5.23. The molecule has 1 amide bonds. The van der Waals surface area contributed by atoms with Crippen LogP contribution in [0.25, 0.3) is 5.76 Å². The second-order valence-electron chi connectivity index (χ2n) is 7.96. The van der Waals surface area contributed by atoms with Crippen LogP contribution in [0.15, 0.2) is 78.5 Å². The number of pyridine rings is 1. The molecule has 0 spiro atoms. The average Bonchev–Trinajstić information content (AvgIpc) is 3.05. The lowest BCUT2D eigenvalue weighted by atomic mass is 9.94. The Hall–Kier alpha value is -3.93. The molecule has 1 aliphatic rings. The highest BCUT2D eigenvalue weighted by molar-refractivity contribution is 6.51. The second kappa shape index (κ2) is 8.67. The highest BCUT2D eigenvalue weighted by atomic mass is 16.5. The fourth-order valence-corrected chi connectivity index (χ4v) is 3.75. The Balaban J connectivity index is 1.85. The molecule has 2 aromatic carbocycles. The van der Waals surface area contributed by atoms with Crippen molar-refractivity contribution in [2.24, 2.45) is 0 Å². The first-order valence-corrected chi connectivity index (χ1v) is 10.4. The number of Topliss-reactive ketones (excluding diaryl/α,β-unsaturated/α-hetero) is 1. The van der Waals surface area contributed by atoms with Gasteiger partial charge >= 0.3 is 5.91 Å². The van der Waals surface area contributed by atoms with Crippen LogP contribution in [0.2, 0.25) is 0 Å². The number of aryl methyl sites for hydroxylation is 1. The van der Waals surface area contributed by atoms with Crippen LogP contribution in [0.4, 0.5) is 5.82 Å². The zero-order valence-electron chi connectivity index (χ0n) is 18.1. The highest BCUT2D eigenvalue weighted by Crippen LogP contribution is 2.41. The number of aliphatic hydroxyl groups excluding tert-OH is 1. The zero-order chi connectivity index (χ0) is 22.8. The number of aliphatic hydroxyl groups is 1. The van der Waals surface area contributed by atoms with Crippen molar-refractivity contribution in [3.05, 3.63) is 95.2 Å². The summed E-state index contributed by atoms with van der Waals surface area (Å²) < 4.78 is 5.65. The number of ketones is 1. The summed E-state index contributed by atoms with van der Waals surface area (Å²) in [7, 11) is 0. The number of rotatable bonds is 5. The molecule has 0 bridgehead atoms. The van der Waals surface area contributed by atoms with Crippen LogP contribution in [0.3, 0.4) is 0 Å². The van der Waals surface area contributed by atoms with Gasteiger partial charge in [-0.05, 0) is 62.7 Å². The fraction of sp³-hybridized carbons (Fsp3) is 0.192. The fourth-order valence-electron chi connectivity index (χ4n) is 3.75. The number of aromatic nitrogens is 1. The number of benzene rings is 2. The molecule has 1 saturated heterocycles. The molecule has 1 aliphatic heterocycles. The van der Waals surface area contributed by atoms with Gasteiger partial charge in [0, 0.05) is 11.8 Å². The Bertz CT molecular complexity index is 1170. The van der Waals surface area contributed by atoms with Crippen molar-refractivity contribution < 1.29 is 19.4 Å². The number of carbonyl (C=O) groups excluding carboxylic acids is 2. The lowest BCUT2D eigenvalue weighted by Crippen LogP contribution is -2.30. The van der Waals surface area contributed by atoms with Crippen molar-refractivity contribution in [2.75, 3.05) is 4.90 Å². The van der Waals surface area contributed by atoms with Crippen molar-refractivity contribution in [3.8, 4) is 5.75 Å². The largest absolute Gasteiger partial charge is 0.507 e. The zero-order valence-corrected chi connectivity index (χ0v) is 18.1. The topological polar surface area (TPSA) is 79.7 Å². The summed E-state index contributed by atoms with van der Waals surface area (Å²) in [5, 5.41) is 11.2. The molecule has 2 heterocycles. The predicted octanol–water partition coefficient (Wildman–Crippen LogP) is 4.80. The molecule has 1 N–H and O–H groups in total. The van der Waals surface area contributed by atoms with E-state index in [0.29, 0.717) is 22.7 Å². The predicted molar refractivity (Wildman–Crippen MR) is 122 cm³/mol. The van der Waals surface area contributed by atoms with Crippen molar-refractivity contribution >= 4 is 23.3 Å². The molecule has 3 aromatic rings. The van der Waals surface area contributed by atoms with E-state index in [2.05, 4.69) is 4.98 Å². The standard InChI is InChI=1S/C26H24N2O4/c1-16(2)32-20-13-11-19(12-14-20)24(29)22-23(18-9-7-17(3)8-10-18)28(26(31)25(22)30)21-6-4-5-15-27-21/h4-16,23,29H,1-3H3/t23-/m1/s1. The molecule has 1 atom stereocenters. The third-order valence-electron chi connectivity index (χ3n) is 5.23. The molecule has 0 saturated carbocycles. The van der Waals surface area contributed by atoms with E-state index < -0.39 is 17.7 Å². The van der Waals surface area contributed by atoms with Crippen LogP contribution >= 0.6 is 0 Å². The van der Waals surface area contributed by atoms with E-state index in [1.165, 1.54) is 4.90 Å². The van der Waals surface area contributed by atoms with Gasteiger partial charge in [0.25, 0.3) is 5.78 Å². The van der Waals surface area contributed by atoms with Gasteiger partial charge in [-0.2, -0.15) is 0 Å². The molecule has 6 heteroatoms. The summed E-state index contributed by atoms with van der Waals surface area (Å²) in [6.07, 6.45) is 1.58. The van der Waals surface area contributed by atoms with Gasteiger partial charge in [-0.3, -0.25) is 14.5 Å². The van der Waals surface area contributed by atoms with Gasteiger partial charge in [-0.15, -0.1) is 0 Å². The molecule has 6 nitrogen and oxygen atoms in total. The molecule has 32 heavy (non-hydrogen) atoms. The van der Waals surface area contributed by atoms with Gasteiger partial charge in [-0.1, -0.05) is 35.9 Å².